The Labute approximate surface area is 214 Å². The van der Waals surface area contributed by atoms with Gasteiger partial charge in [0, 0.05) is 22.3 Å². The number of hydrogen-bond donors (Lipinski definition) is 0. The highest BCUT2D eigenvalue weighted by atomic mass is 15.2. The van der Waals surface area contributed by atoms with E-state index in [1.165, 1.54) is 45.0 Å². The summed E-state index contributed by atoms with van der Waals surface area (Å²) < 4.78 is 4.99. The minimum atomic E-state index is 0.260. The zero-order valence-electron chi connectivity index (χ0n) is 24.0. The Balaban J connectivity index is 2.49. The highest BCUT2D eigenvalue weighted by molar-refractivity contribution is 5.52. The van der Waals surface area contributed by atoms with Crippen LogP contribution in [0.25, 0.3) is 11.4 Å². The first-order chi connectivity index (χ1) is 16.5. The third-order valence-corrected chi connectivity index (χ3v) is 7.02. The Morgan fingerprint density at radius 2 is 1.11 bits per heavy atom. The van der Waals surface area contributed by atoms with Gasteiger partial charge in [0.1, 0.15) is 23.8 Å². The van der Waals surface area contributed by atoms with Crippen molar-refractivity contribution in [2.75, 3.05) is 0 Å². The van der Waals surface area contributed by atoms with Crippen LogP contribution in [0.1, 0.15) is 134 Å². The first kappa shape index (κ1) is 27.0. The molecule has 3 aromatic rings. The molecule has 0 saturated carbocycles. The van der Waals surface area contributed by atoms with Crippen LogP contribution >= 0.6 is 0 Å². The zero-order chi connectivity index (χ0) is 26.0. The molecule has 0 bridgehead atoms. The molecule has 0 saturated heterocycles. The average Bonchev–Trinajstić information content (AvgIpc) is 3.21. The second-order valence-corrected chi connectivity index (χ2v) is 11.6. The van der Waals surface area contributed by atoms with Crippen molar-refractivity contribution in [1.82, 2.24) is 4.57 Å². The van der Waals surface area contributed by atoms with E-state index >= 15 is 0 Å². The fourth-order valence-corrected chi connectivity index (χ4v) is 5.37. The second kappa shape index (κ2) is 11.0. The van der Waals surface area contributed by atoms with Crippen molar-refractivity contribution < 1.29 is 4.57 Å². The number of allylic oxidation sites excluding steroid dienone is 2. The second-order valence-electron chi connectivity index (χ2n) is 11.6. The van der Waals surface area contributed by atoms with Gasteiger partial charge in [0.05, 0.1) is 5.92 Å². The van der Waals surface area contributed by atoms with E-state index in [4.69, 9.17) is 0 Å². The molecule has 0 aliphatic heterocycles. The molecule has 2 aromatic carbocycles. The molecule has 0 fully saturated rings. The first-order valence-corrected chi connectivity index (χ1v) is 13.5. The molecule has 0 aliphatic carbocycles. The van der Waals surface area contributed by atoms with Gasteiger partial charge in [0.25, 0.3) is 5.82 Å². The van der Waals surface area contributed by atoms with Crippen molar-refractivity contribution in [2.24, 2.45) is 0 Å². The van der Waals surface area contributed by atoms with Gasteiger partial charge in [-0.25, -0.2) is 0 Å². The minimum absolute atomic E-state index is 0.260. The lowest BCUT2D eigenvalue weighted by Crippen LogP contribution is -2.38. The smallest absolute Gasteiger partial charge is 0.198 e. The molecule has 0 spiro atoms. The van der Waals surface area contributed by atoms with E-state index in [2.05, 4.69) is 140 Å². The summed E-state index contributed by atoms with van der Waals surface area (Å²) in [7, 11) is 0. The third kappa shape index (κ3) is 5.47. The van der Waals surface area contributed by atoms with Gasteiger partial charge in [-0.2, -0.15) is 9.13 Å². The van der Waals surface area contributed by atoms with Crippen molar-refractivity contribution in [2.45, 2.75) is 106 Å². The topological polar surface area (TPSA) is 8.81 Å². The molecular formula is C33H47N2+. The Kier molecular flexibility index (Phi) is 8.46. The molecule has 188 valence electrons. The summed E-state index contributed by atoms with van der Waals surface area (Å²) in [5, 5.41) is 0. The fourth-order valence-electron chi connectivity index (χ4n) is 5.37. The first-order valence-electron chi connectivity index (χ1n) is 13.5. The van der Waals surface area contributed by atoms with E-state index in [0.29, 0.717) is 23.7 Å². The van der Waals surface area contributed by atoms with Crippen LogP contribution in [0.15, 0.2) is 60.4 Å². The van der Waals surface area contributed by atoms with Gasteiger partial charge in [-0.15, -0.1) is 0 Å². The Bertz CT molecular complexity index is 1050. The molecule has 1 aromatic heterocycles. The summed E-state index contributed by atoms with van der Waals surface area (Å²) in [6.07, 6.45) is 7.01. The molecule has 35 heavy (non-hydrogen) atoms. The fraction of sp³-hybridized carbons (Fsp3) is 0.485. The molecular weight excluding hydrogens is 424 g/mol. The monoisotopic (exact) mass is 471 g/mol. The molecule has 1 heterocycles. The van der Waals surface area contributed by atoms with Gasteiger partial charge in [0.15, 0.2) is 0 Å². The number of nitrogens with zero attached hydrogens (tertiary/aromatic N) is 2. The number of hydrogen-bond acceptors (Lipinski definition) is 0. The molecule has 0 N–H and O–H groups in total. The minimum Gasteiger partial charge on any atom is -0.198 e. The van der Waals surface area contributed by atoms with Crippen LogP contribution in [0.4, 0.5) is 0 Å². The quantitative estimate of drug-likeness (QED) is 0.228. The standard InChI is InChI=1S/C33H47N2/c1-21(2)20-26(11)33-34(31-27(22(3)4)14-12-15-28(31)23(5)6)18-19-35(33)32-29(24(7)8)16-13-17-30(32)25(9)10/h12-20,22-26H,1-11H3/q+1. The van der Waals surface area contributed by atoms with Crippen LogP contribution in [0.3, 0.4) is 0 Å². The molecule has 1 atom stereocenters. The highest BCUT2D eigenvalue weighted by Gasteiger charge is 2.31. The van der Waals surface area contributed by atoms with E-state index in [1.54, 1.807) is 0 Å². The Hall–Kier alpha value is -2.61. The summed E-state index contributed by atoms with van der Waals surface area (Å²) >= 11 is 0. The molecule has 2 heteroatoms. The summed E-state index contributed by atoms with van der Waals surface area (Å²) in [5.74, 6) is 3.35. The number of benzene rings is 2. The van der Waals surface area contributed by atoms with Crippen LogP contribution in [0.2, 0.25) is 0 Å². The number of imidazole rings is 1. The van der Waals surface area contributed by atoms with Crippen LogP contribution in [0, 0.1) is 0 Å². The third-order valence-electron chi connectivity index (χ3n) is 7.02. The number of aromatic nitrogens is 2. The van der Waals surface area contributed by atoms with Crippen molar-refractivity contribution in [3.8, 4) is 11.4 Å². The van der Waals surface area contributed by atoms with Crippen LogP contribution in [0.5, 0.6) is 0 Å². The molecule has 0 radical (unpaired) electrons. The van der Waals surface area contributed by atoms with E-state index in [0.717, 1.165) is 0 Å². The maximum Gasteiger partial charge on any atom is 0.273 e. The van der Waals surface area contributed by atoms with Gasteiger partial charge in [0.2, 0.25) is 0 Å². The molecule has 0 amide bonds. The van der Waals surface area contributed by atoms with Crippen molar-refractivity contribution in [1.29, 1.82) is 0 Å². The van der Waals surface area contributed by atoms with Crippen LogP contribution in [-0.4, -0.2) is 4.57 Å². The predicted molar refractivity (Wildman–Crippen MR) is 152 cm³/mol. The van der Waals surface area contributed by atoms with Gasteiger partial charge >= 0.3 is 0 Å². The summed E-state index contributed by atoms with van der Waals surface area (Å²) in [6, 6.07) is 13.7. The van der Waals surface area contributed by atoms with Crippen molar-refractivity contribution >= 4 is 0 Å². The summed E-state index contributed by atoms with van der Waals surface area (Å²) in [4.78, 5) is 0. The highest BCUT2D eigenvalue weighted by Crippen LogP contribution is 2.35. The van der Waals surface area contributed by atoms with Crippen LogP contribution < -0.4 is 4.57 Å². The Morgan fingerprint density at radius 1 is 0.686 bits per heavy atom. The molecule has 2 nitrogen and oxygen atoms in total. The Morgan fingerprint density at radius 3 is 1.51 bits per heavy atom. The predicted octanol–water partition coefficient (Wildman–Crippen LogP) is 9.32. The van der Waals surface area contributed by atoms with E-state index < -0.39 is 0 Å². The zero-order valence-corrected chi connectivity index (χ0v) is 24.0. The van der Waals surface area contributed by atoms with E-state index in [-0.39, 0.29) is 5.92 Å². The van der Waals surface area contributed by atoms with Gasteiger partial charge in [-0.05, 0) is 44.4 Å². The van der Waals surface area contributed by atoms with Gasteiger partial charge < -0.3 is 0 Å². The largest absolute Gasteiger partial charge is 0.273 e. The maximum atomic E-state index is 2.50. The van der Waals surface area contributed by atoms with Crippen molar-refractivity contribution in [3.05, 3.63) is 88.5 Å². The van der Waals surface area contributed by atoms with Crippen LogP contribution in [-0.2, 0) is 0 Å². The van der Waals surface area contributed by atoms with E-state index in [9.17, 15) is 0 Å². The summed E-state index contributed by atoms with van der Waals surface area (Å²) in [5.41, 5.74) is 9.69. The molecule has 1 unspecified atom stereocenters. The molecule has 3 rings (SSSR count). The lowest BCUT2D eigenvalue weighted by Gasteiger charge is -2.21. The average molecular weight is 472 g/mol. The SMILES string of the molecule is CC(C)=CC(C)c1n(-c2c(C(C)C)cccc2C(C)C)cc[n+]1-c1c(C(C)C)cccc1C(C)C. The summed E-state index contributed by atoms with van der Waals surface area (Å²) in [6.45, 7) is 25.2. The van der Waals surface area contributed by atoms with E-state index in [1.807, 2.05) is 0 Å². The number of rotatable bonds is 8. The lowest BCUT2D eigenvalue weighted by molar-refractivity contribution is -0.605. The normalized spacial score (nSPS) is 12.8. The number of para-hydroxylation sites is 2. The lowest BCUT2D eigenvalue weighted by atomic mass is 9.91. The maximum absolute atomic E-state index is 2.50. The van der Waals surface area contributed by atoms with Gasteiger partial charge in [-0.1, -0.05) is 103 Å². The van der Waals surface area contributed by atoms with Crippen molar-refractivity contribution in [3.63, 3.8) is 0 Å². The van der Waals surface area contributed by atoms with Gasteiger partial charge in [-0.3, -0.25) is 0 Å². The molecule has 0 aliphatic rings.